The van der Waals surface area contributed by atoms with Gasteiger partial charge in [-0.15, -0.1) is 0 Å². The van der Waals surface area contributed by atoms with Gasteiger partial charge in [0.2, 0.25) is 0 Å². The Morgan fingerprint density at radius 3 is 2.40 bits per heavy atom. The first kappa shape index (κ1) is 18.3. The molecule has 120 valence electrons. The maximum atomic E-state index is 3.84. The zero-order valence-corrected chi connectivity index (χ0v) is 15.0. The van der Waals surface area contributed by atoms with Gasteiger partial charge in [-0.25, -0.2) is 0 Å². The number of rotatable bonds is 10. The Kier molecular flexibility index (Phi) is 9.23. The SMILES string of the molecule is CCC1CNC(CC)(CC)CN1CCCCCCSC. The van der Waals surface area contributed by atoms with Gasteiger partial charge in [-0.2, -0.15) is 11.8 Å². The third-order valence-corrected chi connectivity index (χ3v) is 5.80. The van der Waals surface area contributed by atoms with Gasteiger partial charge in [0, 0.05) is 24.7 Å². The summed E-state index contributed by atoms with van der Waals surface area (Å²) in [5.41, 5.74) is 0.379. The summed E-state index contributed by atoms with van der Waals surface area (Å²) in [6.07, 6.45) is 11.6. The largest absolute Gasteiger partial charge is 0.308 e. The number of thioether (sulfide) groups is 1. The van der Waals surface area contributed by atoms with Crippen molar-refractivity contribution in [1.82, 2.24) is 10.2 Å². The predicted octanol–water partition coefficient (Wildman–Crippen LogP) is 4.15. The maximum Gasteiger partial charge on any atom is 0.0304 e. The van der Waals surface area contributed by atoms with Crippen LogP contribution in [-0.4, -0.2) is 48.1 Å². The summed E-state index contributed by atoms with van der Waals surface area (Å²) in [4.78, 5) is 2.78. The maximum absolute atomic E-state index is 3.84. The average molecular weight is 301 g/mol. The highest BCUT2D eigenvalue weighted by Gasteiger charge is 2.35. The molecule has 0 amide bonds. The molecule has 3 heteroatoms. The van der Waals surface area contributed by atoms with E-state index in [9.17, 15) is 0 Å². The molecule has 1 aliphatic heterocycles. The van der Waals surface area contributed by atoms with Crippen LogP contribution in [-0.2, 0) is 0 Å². The standard InChI is InChI=1S/C17H36N2S/c1-5-16-14-18-17(6-2,7-3)15-19(16)12-10-8-9-11-13-20-4/h16,18H,5-15H2,1-4H3. The third-order valence-electron chi connectivity index (χ3n) is 5.10. The van der Waals surface area contributed by atoms with Crippen molar-refractivity contribution in [1.29, 1.82) is 0 Å². The van der Waals surface area contributed by atoms with Crippen molar-refractivity contribution in [2.75, 3.05) is 31.6 Å². The minimum absolute atomic E-state index is 0.379. The van der Waals surface area contributed by atoms with E-state index in [2.05, 4.69) is 37.2 Å². The molecule has 20 heavy (non-hydrogen) atoms. The van der Waals surface area contributed by atoms with E-state index in [4.69, 9.17) is 0 Å². The summed E-state index contributed by atoms with van der Waals surface area (Å²) in [5.74, 6) is 1.33. The molecule has 1 saturated heterocycles. The monoisotopic (exact) mass is 300 g/mol. The van der Waals surface area contributed by atoms with Crippen LogP contribution in [0.4, 0.5) is 0 Å². The highest BCUT2D eigenvalue weighted by Crippen LogP contribution is 2.24. The zero-order valence-electron chi connectivity index (χ0n) is 14.2. The lowest BCUT2D eigenvalue weighted by Crippen LogP contribution is -2.63. The Balaban J connectivity index is 2.35. The lowest BCUT2D eigenvalue weighted by Gasteiger charge is -2.47. The van der Waals surface area contributed by atoms with E-state index in [1.807, 2.05) is 11.8 Å². The topological polar surface area (TPSA) is 15.3 Å². The third kappa shape index (κ3) is 5.57. The zero-order chi connectivity index (χ0) is 14.8. The van der Waals surface area contributed by atoms with Crippen LogP contribution in [0.1, 0.15) is 65.7 Å². The van der Waals surface area contributed by atoms with Gasteiger partial charge in [-0.1, -0.05) is 33.6 Å². The molecule has 1 unspecified atom stereocenters. The summed E-state index contributed by atoms with van der Waals surface area (Å²) in [7, 11) is 0. The molecule has 0 aromatic carbocycles. The number of hydrogen-bond acceptors (Lipinski definition) is 3. The summed E-state index contributed by atoms with van der Waals surface area (Å²) >= 11 is 1.98. The van der Waals surface area contributed by atoms with Gasteiger partial charge in [-0.3, -0.25) is 4.90 Å². The normalized spacial score (nSPS) is 23.1. The molecule has 0 aliphatic carbocycles. The van der Waals surface area contributed by atoms with Crippen molar-refractivity contribution in [3.8, 4) is 0 Å². The molecule has 1 rings (SSSR count). The molecule has 0 spiro atoms. The first-order valence-electron chi connectivity index (χ1n) is 8.69. The molecule has 1 heterocycles. The van der Waals surface area contributed by atoms with Gasteiger partial charge in [-0.05, 0) is 50.7 Å². The molecule has 1 atom stereocenters. The van der Waals surface area contributed by atoms with Crippen molar-refractivity contribution in [3.05, 3.63) is 0 Å². The molecule has 0 aromatic heterocycles. The lowest BCUT2D eigenvalue weighted by atomic mass is 9.88. The summed E-state index contributed by atoms with van der Waals surface area (Å²) in [6.45, 7) is 10.8. The van der Waals surface area contributed by atoms with Gasteiger partial charge in [0.25, 0.3) is 0 Å². The Hall–Kier alpha value is 0.270. The van der Waals surface area contributed by atoms with Crippen molar-refractivity contribution in [2.45, 2.75) is 77.3 Å². The smallest absolute Gasteiger partial charge is 0.0304 e. The van der Waals surface area contributed by atoms with Crippen molar-refractivity contribution >= 4 is 11.8 Å². The molecule has 0 bridgehead atoms. The van der Waals surface area contributed by atoms with E-state index in [0.29, 0.717) is 5.54 Å². The van der Waals surface area contributed by atoms with Crippen molar-refractivity contribution < 1.29 is 0 Å². The fraction of sp³-hybridized carbons (Fsp3) is 1.00. The molecular weight excluding hydrogens is 264 g/mol. The Morgan fingerprint density at radius 1 is 1.10 bits per heavy atom. The Labute approximate surface area is 131 Å². The Bertz CT molecular complexity index is 241. The number of nitrogens with zero attached hydrogens (tertiary/aromatic N) is 1. The quantitative estimate of drug-likeness (QED) is 0.610. The van der Waals surface area contributed by atoms with Crippen molar-refractivity contribution in [2.24, 2.45) is 0 Å². The number of unbranched alkanes of at least 4 members (excludes halogenated alkanes) is 3. The van der Waals surface area contributed by atoms with E-state index < -0.39 is 0 Å². The van der Waals surface area contributed by atoms with E-state index in [1.165, 1.54) is 70.3 Å². The fourth-order valence-electron chi connectivity index (χ4n) is 3.34. The summed E-state index contributed by atoms with van der Waals surface area (Å²) in [6, 6.07) is 0.757. The van der Waals surface area contributed by atoms with Gasteiger partial charge in [0.15, 0.2) is 0 Å². The first-order valence-corrected chi connectivity index (χ1v) is 10.1. The second-order valence-corrected chi connectivity index (χ2v) is 7.29. The first-order chi connectivity index (χ1) is 9.71. The number of piperazine rings is 1. The molecule has 1 fully saturated rings. The summed E-state index contributed by atoms with van der Waals surface area (Å²) < 4.78 is 0. The van der Waals surface area contributed by atoms with E-state index >= 15 is 0 Å². The van der Waals surface area contributed by atoms with Crippen LogP contribution in [0.25, 0.3) is 0 Å². The fourth-order valence-corrected chi connectivity index (χ4v) is 3.83. The molecule has 2 nitrogen and oxygen atoms in total. The summed E-state index contributed by atoms with van der Waals surface area (Å²) in [5, 5.41) is 3.84. The van der Waals surface area contributed by atoms with Gasteiger partial charge < -0.3 is 5.32 Å². The van der Waals surface area contributed by atoms with E-state index in [0.717, 1.165) is 6.04 Å². The number of nitrogens with one attached hydrogen (secondary N) is 1. The van der Waals surface area contributed by atoms with Gasteiger partial charge in [0.05, 0.1) is 0 Å². The highest BCUT2D eigenvalue weighted by atomic mass is 32.2. The second kappa shape index (κ2) is 10.1. The minimum atomic E-state index is 0.379. The predicted molar refractivity (Wildman–Crippen MR) is 93.8 cm³/mol. The van der Waals surface area contributed by atoms with Crippen LogP contribution in [0, 0.1) is 0 Å². The lowest BCUT2D eigenvalue weighted by molar-refractivity contribution is 0.0691. The van der Waals surface area contributed by atoms with Crippen LogP contribution in [0.2, 0.25) is 0 Å². The van der Waals surface area contributed by atoms with E-state index in [1.54, 1.807) is 0 Å². The van der Waals surface area contributed by atoms with Crippen molar-refractivity contribution in [3.63, 3.8) is 0 Å². The average Bonchev–Trinajstić information content (AvgIpc) is 2.50. The van der Waals surface area contributed by atoms with Gasteiger partial charge >= 0.3 is 0 Å². The minimum Gasteiger partial charge on any atom is -0.308 e. The van der Waals surface area contributed by atoms with Crippen LogP contribution < -0.4 is 5.32 Å². The molecule has 0 radical (unpaired) electrons. The Morgan fingerprint density at radius 2 is 1.80 bits per heavy atom. The second-order valence-electron chi connectivity index (χ2n) is 6.31. The van der Waals surface area contributed by atoms with Gasteiger partial charge in [0.1, 0.15) is 0 Å². The van der Waals surface area contributed by atoms with Crippen LogP contribution in [0.5, 0.6) is 0 Å². The van der Waals surface area contributed by atoms with Crippen LogP contribution in [0.3, 0.4) is 0 Å². The molecule has 0 saturated carbocycles. The van der Waals surface area contributed by atoms with Crippen LogP contribution >= 0.6 is 11.8 Å². The highest BCUT2D eigenvalue weighted by molar-refractivity contribution is 7.98. The van der Waals surface area contributed by atoms with Crippen LogP contribution in [0.15, 0.2) is 0 Å². The molecule has 0 aromatic rings. The molecule has 1 aliphatic rings. The molecular formula is C17H36N2S. The molecule has 1 N–H and O–H groups in total. The van der Waals surface area contributed by atoms with E-state index in [-0.39, 0.29) is 0 Å². The number of hydrogen-bond donors (Lipinski definition) is 1.